The van der Waals surface area contributed by atoms with E-state index in [-0.39, 0.29) is 11.5 Å². The Bertz CT molecular complexity index is 1400. The third-order valence-electron chi connectivity index (χ3n) is 6.36. The van der Waals surface area contributed by atoms with E-state index < -0.39 is 17.9 Å². The van der Waals surface area contributed by atoms with Crippen LogP contribution in [0.3, 0.4) is 0 Å². The summed E-state index contributed by atoms with van der Waals surface area (Å²) in [5.74, 6) is -0.160. The van der Waals surface area contributed by atoms with E-state index in [2.05, 4.69) is 15.3 Å². The van der Waals surface area contributed by atoms with E-state index >= 15 is 0 Å². The predicted molar refractivity (Wildman–Crippen MR) is 114 cm³/mol. The Morgan fingerprint density at radius 3 is 2.52 bits per heavy atom. The number of nitrogens with zero attached hydrogens (tertiary/aromatic N) is 7. The molecule has 4 aromatic rings. The molecule has 1 amide bonds. The lowest BCUT2D eigenvalue weighted by atomic mass is 9.95. The monoisotopic (exact) mass is 457 g/mol. The Labute approximate surface area is 187 Å². The lowest BCUT2D eigenvalue weighted by molar-refractivity contribution is -0.143. The highest BCUT2D eigenvalue weighted by Crippen LogP contribution is 2.41. The summed E-state index contributed by atoms with van der Waals surface area (Å²) in [6.45, 7) is 2.21. The lowest BCUT2D eigenvalue weighted by Gasteiger charge is -2.33. The molecule has 33 heavy (non-hydrogen) atoms. The number of rotatable bonds is 2. The van der Waals surface area contributed by atoms with E-state index in [1.54, 1.807) is 35.9 Å². The number of fused-ring (bicyclic) bond motifs is 2. The van der Waals surface area contributed by atoms with Crippen LogP contribution in [0.5, 0.6) is 0 Å². The van der Waals surface area contributed by atoms with Crippen molar-refractivity contribution >= 4 is 16.8 Å². The highest BCUT2D eigenvalue weighted by atomic mass is 19.4. The van der Waals surface area contributed by atoms with Crippen molar-refractivity contribution in [3.63, 3.8) is 0 Å². The van der Waals surface area contributed by atoms with E-state index in [9.17, 15) is 18.0 Å². The van der Waals surface area contributed by atoms with Gasteiger partial charge in [-0.15, -0.1) is 0 Å². The molecule has 1 atom stereocenters. The molecule has 4 heterocycles. The number of halogens is 3. The number of hydrogen-bond donors (Lipinski definition) is 0. The molecule has 1 aromatic carbocycles. The second-order valence-electron chi connectivity index (χ2n) is 8.30. The summed E-state index contributed by atoms with van der Waals surface area (Å²) in [4.78, 5) is 15.2. The van der Waals surface area contributed by atoms with Gasteiger partial charge in [-0.2, -0.15) is 28.5 Å². The van der Waals surface area contributed by atoms with Crippen molar-refractivity contribution in [3.05, 3.63) is 53.1 Å². The van der Waals surface area contributed by atoms with Crippen molar-refractivity contribution in [2.75, 3.05) is 6.54 Å². The fourth-order valence-electron chi connectivity index (χ4n) is 4.87. The second kappa shape index (κ2) is 7.19. The van der Waals surface area contributed by atoms with Gasteiger partial charge in [0.1, 0.15) is 0 Å². The Hall–Kier alpha value is -3.63. The third-order valence-corrected chi connectivity index (χ3v) is 6.36. The first-order chi connectivity index (χ1) is 15.6. The van der Waals surface area contributed by atoms with Crippen LogP contribution in [0.2, 0.25) is 0 Å². The average molecular weight is 457 g/mol. The maximum absolute atomic E-state index is 13.7. The summed E-state index contributed by atoms with van der Waals surface area (Å²) >= 11 is 0. The molecule has 1 aliphatic heterocycles. The van der Waals surface area contributed by atoms with E-state index in [1.165, 1.54) is 17.9 Å². The summed E-state index contributed by atoms with van der Waals surface area (Å²) in [6, 6.07) is 5.07. The second-order valence-corrected chi connectivity index (χ2v) is 8.30. The molecule has 1 aliphatic rings. The summed E-state index contributed by atoms with van der Waals surface area (Å²) in [7, 11) is 4.68. The van der Waals surface area contributed by atoms with Crippen molar-refractivity contribution in [1.82, 2.24) is 34.2 Å². The number of aryl methyl sites for hydroxylation is 3. The minimum atomic E-state index is -4.55. The van der Waals surface area contributed by atoms with E-state index in [1.807, 2.05) is 19.1 Å². The van der Waals surface area contributed by atoms with Crippen molar-refractivity contribution in [2.45, 2.75) is 25.6 Å². The van der Waals surface area contributed by atoms with Gasteiger partial charge in [-0.25, -0.2) is 0 Å². The molecule has 5 rings (SSSR count). The zero-order valence-corrected chi connectivity index (χ0v) is 18.6. The molecule has 11 heteroatoms. The molecule has 3 aromatic heterocycles. The largest absolute Gasteiger partial charge is 0.433 e. The molecule has 0 saturated heterocycles. The highest BCUT2D eigenvalue weighted by Gasteiger charge is 2.41. The number of carbonyl (C=O) groups excluding carboxylic acids is 1. The zero-order valence-electron chi connectivity index (χ0n) is 18.6. The topological polar surface area (TPSA) is 73.8 Å². The molecule has 0 saturated carbocycles. The number of hydrogen-bond acceptors (Lipinski definition) is 4. The minimum Gasteiger partial charge on any atom is -0.330 e. The number of amides is 1. The van der Waals surface area contributed by atoms with Gasteiger partial charge in [-0.3, -0.25) is 18.8 Å². The van der Waals surface area contributed by atoms with Crippen molar-refractivity contribution in [1.29, 1.82) is 0 Å². The molecule has 1 unspecified atom stereocenters. The van der Waals surface area contributed by atoms with Gasteiger partial charge in [0.15, 0.2) is 5.69 Å². The molecule has 0 N–H and O–H groups in total. The van der Waals surface area contributed by atoms with Crippen LogP contribution in [0.1, 0.15) is 40.3 Å². The van der Waals surface area contributed by atoms with Crippen LogP contribution in [0.15, 0.2) is 30.6 Å². The first-order valence-corrected chi connectivity index (χ1v) is 10.5. The molecular weight excluding hydrogens is 435 g/mol. The zero-order chi connectivity index (χ0) is 23.7. The number of benzene rings is 1. The number of para-hydroxylation sites is 1. The fraction of sp³-hybridized carbons (Fsp3) is 0.364. The van der Waals surface area contributed by atoms with Gasteiger partial charge in [-0.05, 0) is 19.4 Å². The van der Waals surface area contributed by atoms with Gasteiger partial charge in [-0.1, -0.05) is 12.1 Å². The fourth-order valence-corrected chi connectivity index (χ4v) is 4.87. The number of alkyl halides is 3. The Morgan fingerprint density at radius 2 is 1.79 bits per heavy atom. The molecule has 0 bridgehead atoms. The molecule has 172 valence electrons. The SMILES string of the molecule is CC1c2nn(C)c(-c3cnn(C)c3C(F)(F)F)c2CCN1C(=O)c1cccc2cnn(C)c12. The van der Waals surface area contributed by atoms with Crippen LogP contribution in [0.4, 0.5) is 13.2 Å². The van der Waals surface area contributed by atoms with Crippen LogP contribution in [0.25, 0.3) is 22.2 Å². The molecule has 0 radical (unpaired) electrons. The predicted octanol–water partition coefficient (Wildman–Crippen LogP) is 3.49. The highest BCUT2D eigenvalue weighted by molar-refractivity contribution is 6.05. The molecule has 0 aliphatic carbocycles. The smallest absolute Gasteiger partial charge is 0.330 e. The standard InChI is InChI=1S/C22H22F3N7O/c1-12-17-14(19(30(3)28-17)16-11-27-31(4)20(16)22(23,24)25)8-9-32(12)21(33)15-7-5-6-13-10-26-29(2)18(13)15/h5-7,10-12H,8-9H2,1-4H3. The molecule has 0 spiro atoms. The molecular formula is C22H22F3N7O. The van der Waals surface area contributed by atoms with Gasteiger partial charge in [0, 0.05) is 38.6 Å². The van der Waals surface area contributed by atoms with Crippen LogP contribution < -0.4 is 0 Å². The van der Waals surface area contributed by atoms with Crippen LogP contribution in [-0.4, -0.2) is 46.7 Å². The maximum atomic E-state index is 13.7. The number of aromatic nitrogens is 6. The van der Waals surface area contributed by atoms with E-state index in [0.717, 1.165) is 15.6 Å². The van der Waals surface area contributed by atoms with Crippen LogP contribution in [0, 0.1) is 0 Å². The summed E-state index contributed by atoms with van der Waals surface area (Å²) in [6.07, 6.45) is -1.23. The van der Waals surface area contributed by atoms with Crippen molar-refractivity contribution in [3.8, 4) is 11.3 Å². The summed E-state index contributed by atoms with van der Waals surface area (Å²) < 4.78 is 45.1. The van der Waals surface area contributed by atoms with Crippen LogP contribution in [-0.2, 0) is 33.7 Å². The van der Waals surface area contributed by atoms with Gasteiger partial charge < -0.3 is 4.90 Å². The van der Waals surface area contributed by atoms with Gasteiger partial charge in [0.25, 0.3) is 5.91 Å². The van der Waals surface area contributed by atoms with E-state index in [0.29, 0.717) is 35.5 Å². The van der Waals surface area contributed by atoms with Crippen LogP contribution >= 0.6 is 0 Å². The quantitative estimate of drug-likeness (QED) is 0.462. The minimum absolute atomic E-state index is 0.00659. The molecule has 8 nitrogen and oxygen atoms in total. The Kier molecular flexibility index (Phi) is 4.62. The van der Waals surface area contributed by atoms with Crippen molar-refractivity contribution in [2.24, 2.45) is 21.1 Å². The lowest BCUT2D eigenvalue weighted by Crippen LogP contribution is -2.39. The number of carbonyl (C=O) groups is 1. The molecule has 0 fully saturated rings. The normalized spacial score (nSPS) is 16.5. The van der Waals surface area contributed by atoms with Gasteiger partial charge in [0.2, 0.25) is 0 Å². The average Bonchev–Trinajstić information content (AvgIpc) is 3.42. The van der Waals surface area contributed by atoms with Gasteiger partial charge in [0.05, 0.1) is 46.5 Å². The first kappa shape index (κ1) is 21.2. The Morgan fingerprint density at radius 1 is 1.06 bits per heavy atom. The summed E-state index contributed by atoms with van der Waals surface area (Å²) in [5.41, 5.74) is 2.15. The Balaban J connectivity index is 1.56. The maximum Gasteiger partial charge on any atom is 0.433 e. The third kappa shape index (κ3) is 3.13. The summed E-state index contributed by atoms with van der Waals surface area (Å²) in [5, 5.41) is 13.5. The van der Waals surface area contributed by atoms with E-state index in [4.69, 9.17) is 0 Å². The first-order valence-electron chi connectivity index (χ1n) is 10.5. The van der Waals surface area contributed by atoms with Crippen molar-refractivity contribution < 1.29 is 18.0 Å². The van der Waals surface area contributed by atoms with Gasteiger partial charge >= 0.3 is 6.18 Å².